The highest BCUT2D eigenvalue weighted by atomic mass is 16.5. The number of amides is 1. The van der Waals surface area contributed by atoms with Crippen LogP contribution in [0.15, 0.2) is 28.8 Å². The molecule has 0 bridgehead atoms. The Balaban J connectivity index is 1.45. The second-order valence-corrected chi connectivity index (χ2v) is 6.59. The van der Waals surface area contributed by atoms with Crippen LogP contribution >= 0.6 is 0 Å². The normalized spacial score (nSPS) is 14.0. The lowest BCUT2D eigenvalue weighted by molar-refractivity contribution is -0.120. The van der Waals surface area contributed by atoms with E-state index in [0.29, 0.717) is 18.2 Å². The second kappa shape index (κ2) is 6.27. The highest BCUT2D eigenvalue weighted by molar-refractivity contribution is 5.86. The maximum atomic E-state index is 12.4. The fourth-order valence-electron chi connectivity index (χ4n) is 3.08. The molecule has 1 fully saturated rings. The Bertz CT molecular complexity index is 944. The monoisotopic (exact) mass is 336 g/mol. The molecule has 0 saturated heterocycles. The van der Waals surface area contributed by atoms with Gasteiger partial charge in [-0.3, -0.25) is 9.78 Å². The SMILES string of the molecule is Cc1nc2ccccc2c(C)c1CC(=O)NCc1nc(C2CC2)no1. The third kappa shape index (κ3) is 3.24. The molecule has 25 heavy (non-hydrogen) atoms. The third-order valence-corrected chi connectivity index (χ3v) is 4.69. The minimum atomic E-state index is -0.0746. The smallest absolute Gasteiger partial charge is 0.246 e. The number of benzene rings is 1. The highest BCUT2D eigenvalue weighted by Gasteiger charge is 2.28. The summed E-state index contributed by atoms with van der Waals surface area (Å²) in [5.74, 6) is 1.59. The summed E-state index contributed by atoms with van der Waals surface area (Å²) in [7, 11) is 0. The molecule has 1 aromatic carbocycles. The van der Waals surface area contributed by atoms with Crippen molar-refractivity contribution in [3.63, 3.8) is 0 Å². The van der Waals surface area contributed by atoms with Gasteiger partial charge in [0.05, 0.1) is 18.5 Å². The minimum absolute atomic E-state index is 0.0746. The van der Waals surface area contributed by atoms with Crippen LogP contribution in [-0.4, -0.2) is 21.0 Å². The number of hydrogen-bond acceptors (Lipinski definition) is 5. The lowest BCUT2D eigenvalue weighted by Gasteiger charge is -2.12. The quantitative estimate of drug-likeness (QED) is 0.775. The molecule has 0 aliphatic heterocycles. The van der Waals surface area contributed by atoms with Gasteiger partial charge < -0.3 is 9.84 Å². The van der Waals surface area contributed by atoms with E-state index in [2.05, 4.69) is 20.4 Å². The van der Waals surface area contributed by atoms with Crippen LogP contribution in [0.4, 0.5) is 0 Å². The van der Waals surface area contributed by atoms with Gasteiger partial charge in [0.2, 0.25) is 11.8 Å². The van der Waals surface area contributed by atoms with E-state index in [9.17, 15) is 4.79 Å². The maximum absolute atomic E-state index is 12.4. The Labute approximate surface area is 145 Å². The van der Waals surface area contributed by atoms with Crippen LogP contribution in [0.25, 0.3) is 10.9 Å². The van der Waals surface area contributed by atoms with Crippen LogP contribution in [0.1, 0.15) is 47.3 Å². The van der Waals surface area contributed by atoms with E-state index in [1.807, 2.05) is 38.1 Å². The standard InChI is InChI=1S/C19H20N4O2/c1-11-14-5-3-4-6-16(14)21-12(2)15(11)9-17(24)20-10-18-22-19(23-25-18)13-7-8-13/h3-6,13H,7-10H2,1-2H3,(H,20,24). The summed E-state index contributed by atoms with van der Waals surface area (Å²) in [4.78, 5) is 21.3. The summed E-state index contributed by atoms with van der Waals surface area (Å²) in [5.41, 5.74) is 3.92. The molecule has 6 heteroatoms. The van der Waals surface area contributed by atoms with Crippen LogP contribution in [0, 0.1) is 13.8 Å². The number of aryl methyl sites for hydroxylation is 2. The predicted octanol–water partition coefficient (Wildman–Crippen LogP) is 2.97. The number of pyridine rings is 1. The predicted molar refractivity (Wildman–Crippen MR) is 93.0 cm³/mol. The minimum Gasteiger partial charge on any atom is -0.347 e. The van der Waals surface area contributed by atoms with Gasteiger partial charge in [0.25, 0.3) is 0 Å². The molecule has 4 rings (SSSR count). The van der Waals surface area contributed by atoms with E-state index in [-0.39, 0.29) is 12.5 Å². The lowest BCUT2D eigenvalue weighted by Crippen LogP contribution is -2.25. The van der Waals surface area contributed by atoms with Crippen molar-refractivity contribution in [2.45, 2.75) is 45.6 Å². The molecule has 2 heterocycles. The van der Waals surface area contributed by atoms with E-state index in [4.69, 9.17) is 4.52 Å². The highest BCUT2D eigenvalue weighted by Crippen LogP contribution is 2.38. The molecule has 0 atom stereocenters. The molecule has 1 aliphatic rings. The van der Waals surface area contributed by atoms with E-state index in [0.717, 1.165) is 46.4 Å². The van der Waals surface area contributed by atoms with Crippen molar-refractivity contribution in [3.05, 3.63) is 52.8 Å². The van der Waals surface area contributed by atoms with Gasteiger partial charge in [0.15, 0.2) is 5.82 Å². The third-order valence-electron chi connectivity index (χ3n) is 4.69. The van der Waals surface area contributed by atoms with E-state index in [1.54, 1.807) is 0 Å². The van der Waals surface area contributed by atoms with Gasteiger partial charge in [-0.25, -0.2) is 0 Å². The Hall–Kier alpha value is -2.76. The molecule has 3 aromatic rings. The van der Waals surface area contributed by atoms with Crippen molar-refractivity contribution >= 4 is 16.8 Å². The number of aromatic nitrogens is 3. The van der Waals surface area contributed by atoms with Crippen LogP contribution in [-0.2, 0) is 17.8 Å². The van der Waals surface area contributed by atoms with Gasteiger partial charge in [0.1, 0.15) is 0 Å². The molecule has 1 saturated carbocycles. The average molecular weight is 336 g/mol. The topological polar surface area (TPSA) is 80.9 Å². The molecular formula is C19H20N4O2. The van der Waals surface area contributed by atoms with Crippen molar-refractivity contribution < 1.29 is 9.32 Å². The first-order valence-electron chi connectivity index (χ1n) is 8.56. The van der Waals surface area contributed by atoms with Crippen molar-refractivity contribution in [1.29, 1.82) is 0 Å². The zero-order valence-corrected chi connectivity index (χ0v) is 14.4. The molecule has 1 aliphatic carbocycles. The summed E-state index contributed by atoms with van der Waals surface area (Å²) >= 11 is 0. The number of rotatable bonds is 5. The average Bonchev–Trinajstić information content (AvgIpc) is 3.35. The Morgan fingerprint density at radius 3 is 2.84 bits per heavy atom. The molecule has 0 unspecified atom stereocenters. The fourth-order valence-corrected chi connectivity index (χ4v) is 3.08. The zero-order chi connectivity index (χ0) is 17.4. The Morgan fingerprint density at radius 2 is 2.04 bits per heavy atom. The van der Waals surface area contributed by atoms with E-state index >= 15 is 0 Å². The summed E-state index contributed by atoms with van der Waals surface area (Å²) < 4.78 is 5.18. The molecule has 128 valence electrons. The Morgan fingerprint density at radius 1 is 1.24 bits per heavy atom. The molecule has 0 spiro atoms. The number of nitrogens with one attached hydrogen (secondary N) is 1. The summed E-state index contributed by atoms with van der Waals surface area (Å²) in [6.07, 6.45) is 2.54. The van der Waals surface area contributed by atoms with Crippen LogP contribution in [0.5, 0.6) is 0 Å². The van der Waals surface area contributed by atoms with Gasteiger partial charge in [0, 0.05) is 17.0 Å². The van der Waals surface area contributed by atoms with Crippen LogP contribution < -0.4 is 5.32 Å². The Kier molecular flexibility index (Phi) is 3.95. The largest absolute Gasteiger partial charge is 0.347 e. The number of carbonyl (C=O) groups is 1. The first-order chi connectivity index (χ1) is 12.1. The number of para-hydroxylation sites is 1. The van der Waals surface area contributed by atoms with Gasteiger partial charge >= 0.3 is 0 Å². The maximum Gasteiger partial charge on any atom is 0.246 e. The summed E-state index contributed by atoms with van der Waals surface area (Å²) in [5, 5.41) is 7.90. The molecule has 2 aromatic heterocycles. The molecule has 6 nitrogen and oxygen atoms in total. The lowest BCUT2D eigenvalue weighted by atomic mass is 9.99. The van der Waals surface area contributed by atoms with Crippen LogP contribution in [0.2, 0.25) is 0 Å². The summed E-state index contributed by atoms with van der Waals surface area (Å²) in [6.45, 7) is 4.25. The van der Waals surface area contributed by atoms with Crippen LogP contribution in [0.3, 0.4) is 0 Å². The van der Waals surface area contributed by atoms with Crippen molar-refractivity contribution in [2.24, 2.45) is 0 Å². The number of carbonyl (C=O) groups excluding carboxylic acids is 1. The van der Waals surface area contributed by atoms with Gasteiger partial charge in [-0.05, 0) is 43.9 Å². The first kappa shape index (κ1) is 15.7. The van der Waals surface area contributed by atoms with E-state index in [1.165, 1.54) is 0 Å². The van der Waals surface area contributed by atoms with Gasteiger partial charge in [-0.1, -0.05) is 23.4 Å². The van der Waals surface area contributed by atoms with Gasteiger partial charge in [-0.2, -0.15) is 4.98 Å². The first-order valence-corrected chi connectivity index (χ1v) is 8.56. The summed E-state index contributed by atoms with van der Waals surface area (Å²) in [6, 6.07) is 7.99. The molecular weight excluding hydrogens is 316 g/mol. The second-order valence-electron chi connectivity index (χ2n) is 6.59. The van der Waals surface area contributed by atoms with E-state index < -0.39 is 0 Å². The molecule has 0 radical (unpaired) electrons. The van der Waals surface area contributed by atoms with Gasteiger partial charge in [-0.15, -0.1) is 0 Å². The number of nitrogens with zero attached hydrogens (tertiary/aromatic N) is 3. The molecule has 1 amide bonds. The zero-order valence-electron chi connectivity index (χ0n) is 14.4. The van der Waals surface area contributed by atoms with Crippen molar-refractivity contribution in [2.75, 3.05) is 0 Å². The number of hydrogen-bond donors (Lipinski definition) is 1. The fraction of sp³-hybridized carbons (Fsp3) is 0.368. The van der Waals surface area contributed by atoms with Crippen molar-refractivity contribution in [3.8, 4) is 0 Å². The molecule has 1 N–H and O–H groups in total. The number of fused-ring (bicyclic) bond motifs is 1. The van der Waals surface area contributed by atoms with Crippen molar-refractivity contribution in [1.82, 2.24) is 20.4 Å².